The predicted molar refractivity (Wildman–Crippen MR) is 116 cm³/mol. The smallest absolute Gasteiger partial charge is 0.342 e. The molecule has 7 nitrogen and oxygen atoms in total. The summed E-state index contributed by atoms with van der Waals surface area (Å²) in [7, 11) is 1.58. The fraction of sp³-hybridized carbons (Fsp3) is 0.316. The SMILES string of the molecule is CN=Cc1c(N2CCNC(C)C2)c(F)cc2c(=O)c(C(=O)O)c3sccn3c12.Cl. The van der Waals surface area contributed by atoms with E-state index < -0.39 is 17.2 Å². The maximum absolute atomic E-state index is 15.2. The molecule has 29 heavy (non-hydrogen) atoms. The van der Waals surface area contributed by atoms with Crippen LogP contribution in [0.2, 0.25) is 0 Å². The number of nitrogens with zero attached hydrogens (tertiary/aromatic N) is 3. The lowest BCUT2D eigenvalue weighted by Crippen LogP contribution is -2.49. The van der Waals surface area contributed by atoms with Crippen LogP contribution in [0.1, 0.15) is 22.8 Å². The number of piperazine rings is 1. The number of aromatic nitrogens is 1. The van der Waals surface area contributed by atoms with Gasteiger partial charge in [0, 0.05) is 56.1 Å². The van der Waals surface area contributed by atoms with Crippen molar-refractivity contribution in [1.29, 1.82) is 0 Å². The molecule has 3 heterocycles. The van der Waals surface area contributed by atoms with Gasteiger partial charge in [0.05, 0.1) is 16.6 Å². The molecule has 154 valence electrons. The Bertz CT molecular complexity index is 1190. The van der Waals surface area contributed by atoms with Gasteiger partial charge in [-0.2, -0.15) is 0 Å². The summed E-state index contributed by atoms with van der Waals surface area (Å²) in [4.78, 5) is 30.9. The van der Waals surface area contributed by atoms with Crippen LogP contribution in [0.3, 0.4) is 0 Å². The lowest BCUT2D eigenvalue weighted by molar-refractivity contribution is 0.0697. The second-order valence-corrected chi connectivity index (χ2v) is 7.69. The first-order chi connectivity index (χ1) is 13.4. The number of fused-ring (bicyclic) bond motifs is 3. The van der Waals surface area contributed by atoms with Crippen molar-refractivity contribution in [3.8, 4) is 0 Å². The van der Waals surface area contributed by atoms with Crippen LogP contribution in [0.15, 0.2) is 27.4 Å². The number of thiazole rings is 1. The zero-order chi connectivity index (χ0) is 20.0. The van der Waals surface area contributed by atoms with Gasteiger partial charge in [0.25, 0.3) is 0 Å². The van der Waals surface area contributed by atoms with E-state index in [0.29, 0.717) is 41.2 Å². The zero-order valence-corrected chi connectivity index (χ0v) is 17.4. The molecule has 0 bridgehead atoms. The minimum Gasteiger partial charge on any atom is -0.477 e. The normalized spacial score (nSPS) is 17.2. The van der Waals surface area contributed by atoms with E-state index in [4.69, 9.17) is 0 Å². The van der Waals surface area contributed by atoms with Crippen molar-refractivity contribution >= 4 is 57.3 Å². The molecule has 2 aromatic heterocycles. The van der Waals surface area contributed by atoms with E-state index in [1.165, 1.54) is 6.21 Å². The van der Waals surface area contributed by atoms with E-state index in [1.807, 2.05) is 11.8 Å². The number of aliphatic imine (C=N–C) groups is 1. The number of rotatable bonds is 3. The maximum Gasteiger partial charge on any atom is 0.342 e. The van der Waals surface area contributed by atoms with Gasteiger partial charge in [-0.15, -0.1) is 23.7 Å². The van der Waals surface area contributed by atoms with Gasteiger partial charge in [0.2, 0.25) is 5.43 Å². The number of carbonyl (C=O) groups is 1. The fourth-order valence-corrected chi connectivity index (χ4v) is 4.72. The Kier molecular flexibility index (Phi) is 5.92. The highest BCUT2D eigenvalue weighted by Gasteiger charge is 2.27. The minimum atomic E-state index is -1.32. The summed E-state index contributed by atoms with van der Waals surface area (Å²) in [6, 6.07) is 1.34. The number of halogens is 2. The molecular weight excluding hydrogens is 419 g/mol. The standard InChI is InChI=1S/C19H19FN4O3S.ClH/c1-10-9-23(4-3-22-10)16-12(8-21-2)15-11(7-13(16)20)17(25)14(19(26)27)18-24(15)5-6-28-18;/h5-8,10,22H,3-4,9H2,1-2H3,(H,26,27);1H. The van der Waals surface area contributed by atoms with Gasteiger partial charge >= 0.3 is 5.97 Å². The van der Waals surface area contributed by atoms with Gasteiger partial charge < -0.3 is 19.7 Å². The van der Waals surface area contributed by atoms with Gasteiger partial charge in [-0.25, -0.2) is 9.18 Å². The first-order valence-corrected chi connectivity index (χ1v) is 9.73. The number of hydrogen-bond donors (Lipinski definition) is 2. The number of hydrogen-bond acceptors (Lipinski definition) is 6. The molecule has 0 radical (unpaired) electrons. The van der Waals surface area contributed by atoms with Gasteiger partial charge in [-0.1, -0.05) is 0 Å². The number of anilines is 1. The van der Waals surface area contributed by atoms with E-state index in [1.54, 1.807) is 23.0 Å². The molecular formula is C19H20ClFN4O3S. The molecule has 1 aliphatic heterocycles. The van der Waals surface area contributed by atoms with Crippen molar-refractivity contribution in [3.05, 3.63) is 44.8 Å². The molecule has 2 N–H and O–H groups in total. The topological polar surface area (TPSA) is 86.4 Å². The Balaban J connectivity index is 0.00000240. The van der Waals surface area contributed by atoms with Crippen LogP contribution >= 0.6 is 23.7 Å². The molecule has 1 aromatic carbocycles. The second-order valence-electron chi connectivity index (χ2n) is 6.79. The average Bonchev–Trinajstić information content (AvgIpc) is 3.10. The van der Waals surface area contributed by atoms with Crippen LogP contribution in [0.25, 0.3) is 15.7 Å². The lowest BCUT2D eigenvalue weighted by Gasteiger charge is -2.35. The molecule has 3 aromatic rings. The summed E-state index contributed by atoms with van der Waals surface area (Å²) in [5.74, 6) is -1.88. The first-order valence-electron chi connectivity index (χ1n) is 8.85. The molecule has 4 rings (SSSR count). The van der Waals surface area contributed by atoms with Gasteiger partial charge in [-0.3, -0.25) is 9.79 Å². The number of pyridine rings is 1. The summed E-state index contributed by atoms with van der Waals surface area (Å²) in [6.07, 6.45) is 3.24. The Hall–Kier alpha value is -2.49. The Labute approximate surface area is 175 Å². The number of aromatic carboxylic acids is 1. The molecule has 1 fully saturated rings. The van der Waals surface area contributed by atoms with Crippen molar-refractivity contribution in [1.82, 2.24) is 9.72 Å². The van der Waals surface area contributed by atoms with E-state index >= 15 is 4.39 Å². The molecule has 1 unspecified atom stereocenters. The summed E-state index contributed by atoms with van der Waals surface area (Å²) >= 11 is 1.16. The van der Waals surface area contributed by atoms with E-state index in [-0.39, 0.29) is 29.4 Å². The van der Waals surface area contributed by atoms with Crippen molar-refractivity contribution < 1.29 is 14.3 Å². The van der Waals surface area contributed by atoms with Gasteiger partial charge in [0.15, 0.2) is 0 Å². The van der Waals surface area contributed by atoms with Crippen molar-refractivity contribution in [2.75, 3.05) is 31.6 Å². The third-order valence-electron chi connectivity index (χ3n) is 4.95. The Morgan fingerprint density at radius 1 is 1.48 bits per heavy atom. The molecule has 1 aliphatic rings. The fourth-order valence-electron chi connectivity index (χ4n) is 3.85. The van der Waals surface area contributed by atoms with Crippen molar-refractivity contribution in [3.63, 3.8) is 0 Å². The van der Waals surface area contributed by atoms with Crippen LogP contribution < -0.4 is 15.6 Å². The molecule has 0 saturated carbocycles. The van der Waals surface area contributed by atoms with Gasteiger partial charge in [-0.05, 0) is 13.0 Å². The van der Waals surface area contributed by atoms with Crippen LogP contribution in [0, 0.1) is 5.82 Å². The van der Waals surface area contributed by atoms with Crippen LogP contribution in [0.4, 0.5) is 10.1 Å². The number of carboxylic acid groups (broad SMARTS) is 1. The number of carboxylic acids is 1. The van der Waals surface area contributed by atoms with E-state index in [9.17, 15) is 14.7 Å². The molecule has 10 heteroatoms. The predicted octanol–water partition coefficient (Wildman–Crippen LogP) is 2.62. The van der Waals surface area contributed by atoms with E-state index in [0.717, 1.165) is 17.4 Å². The Morgan fingerprint density at radius 3 is 2.90 bits per heavy atom. The van der Waals surface area contributed by atoms with Gasteiger partial charge in [0.1, 0.15) is 16.2 Å². The third kappa shape index (κ3) is 3.39. The van der Waals surface area contributed by atoms with Crippen molar-refractivity contribution in [2.45, 2.75) is 13.0 Å². The molecule has 1 saturated heterocycles. The minimum absolute atomic E-state index is 0. The summed E-state index contributed by atoms with van der Waals surface area (Å²) in [6.45, 7) is 3.97. The highest BCUT2D eigenvalue weighted by atomic mass is 35.5. The Morgan fingerprint density at radius 2 is 2.24 bits per heavy atom. The number of nitrogens with one attached hydrogen (secondary N) is 1. The quantitative estimate of drug-likeness (QED) is 0.614. The van der Waals surface area contributed by atoms with Crippen LogP contribution in [-0.2, 0) is 0 Å². The maximum atomic E-state index is 15.2. The second kappa shape index (κ2) is 8.10. The largest absolute Gasteiger partial charge is 0.477 e. The number of benzene rings is 1. The summed E-state index contributed by atoms with van der Waals surface area (Å²) < 4.78 is 16.9. The monoisotopic (exact) mass is 438 g/mol. The summed E-state index contributed by atoms with van der Waals surface area (Å²) in [5.41, 5.74) is 0.307. The lowest BCUT2D eigenvalue weighted by atomic mass is 10.0. The zero-order valence-electron chi connectivity index (χ0n) is 15.8. The highest BCUT2D eigenvalue weighted by molar-refractivity contribution is 7.16. The highest BCUT2D eigenvalue weighted by Crippen LogP contribution is 2.33. The van der Waals surface area contributed by atoms with Crippen LogP contribution in [0.5, 0.6) is 0 Å². The average molecular weight is 439 g/mol. The summed E-state index contributed by atoms with van der Waals surface area (Å²) in [5, 5.41) is 14.6. The molecule has 0 spiro atoms. The third-order valence-corrected chi connectivity index (χ3v) is 5.84. The first kappa shape index (κ1) is 21.2. The molecule has 1 atom stereocenters. The van der Waals surface area contributed by atoms with Crippen LogP contribution in [-0.4, -0.2) is 54.4 Å². The van der Waals surface area contributed by atoms with E-state index in [2.05, 4.69) is 10.3 Å². The molecule has 0 amide bonds. The molecule has 0 aliphatic carbocycles. The van der Waals surface area contributed by atoms with Crippen molar-refractivity contribution in [2.24, 2.45) is 4.99 Å².